The topological polar surface area (TPSA) is 78.8 Å². The van der Waals surface area contributed by atoms with E-state index in [0.717, 1.165) is 6.42 Å². The molecule has 0 radical (unpaired) electrons. The van der Waals surface area contributed by atoms with E-state index in [9.17, 15) is 9.59 Å². The van der Waals surface area contributed by atoms with E-state index in [2.05, 4.69) is 10.5 Å². The Morgan fingerprint density at radius 3 is 2.67 bits per heavy atom. The van der Waals surface area contributed by atoms with E-state index in [1.54, 1.807) is 24.3 Å². The van der Waals surface area contributed by atoms with Crippen molar-refractivity contribution in [1.29, 1.82) is 0 Å². The fraction of sp³-hybridized carbons (Fsp3) is 0.400. The van der Waals surface area contributed by atoms with Crippen molar-refractivity contribution in [1.82, 2.24) is 0 Å². The Hall–Kier alpha value is -1.88. The molecular formula is C15H17ClN2O3. The van der Waals surface area contributed by atoms with Crippen LogP contribution in [0, 0.1) is 5.92 Å². The summed E-state index contributed by atoms with van der Waals surface area (Å²) < 4.78 is 0. The summed E-state index contributed by atoms with van der Waals surface area (Å²) in [6, 6.07) is 6.78. The third-order valence-corrected chi connectivity index (χ3v) is 3.82. The monoisotopic (exact) mass is 308 g/mol. The van der Waals surface area contributed by atoms with Crippen LogP contribution in [0.2, 0.25) is 5.02 Å². The summed E-state index contributed by atoms with van der Waals surface area (Å²) in [4.78, 5) is 23.8. The summed E-state index contributed by atoms with van der Waals surface area (Å²) in [7, 11) is 0. The van der Waals surface area contributed by atoms with Crippen LogP contribution in [0.5, 0.6) is 0 Å². The molecule has 1 aromatic rings. The van der Waals surface area contributed by atoms with Crippen LogP contribution < -0.4 is 5.32 Å². The SMILES string of the molecule is O=C(CCC(=O)C1CCC/C1=N/O)Nc1ccc(Cl)cc1. The number of anilines is 1. The van der Waals surface area contributed by atoms with Gasteiger partial charge in [0.15, 0.2) is 0 Å². The van der Waals surface area contributed by atoms with Crippen LogP contribution in [0.1, 0.15) is 32.1 Å². The number of oxime groups is 1. The first-order valence-electron chi connectivity index (χ1n) is 6.89. The van der Waals surface area contributed by atoms with Crippen molar-refractivity contribution in [3.8, 4) is 0 Å². The zero-order valence-electron chi connectivity index (χ0n) is 11.5. The van der Waals surface area contributed by atoms with Gasteiger partial charge in [-0.2, -0.15) is 0 Å². The Morgan fingerprint density at radius 1 is 1.29 bits per heavy atom. The smallest absolute Gasteiger partial charge is 0.224 e. The van der Waals surface area contributed by atoms with Gasteiger partial charge in [-0.1, -0.05) is 16.8 Å². The molecule has 5 nitrogen and oxygen atoms in total. The molecule has 1 aliphatic rings. The number of Topliss-reactive ketones (excluding diaryl/α,β-unsaturated/α-hetero) is 1. The van der Waals surface area contributed by atoms with Gasteiger partial charge in [-0.25, -0.2) is 0 Å². The quantitative estimate of drug-likeness (QED) is 0.647. The highest BCUT2D eigenvalue weighted by Gasteiger charge is 2.29. The van der Waals surface area contributed by atoms with E-state index < -0.39 is 0 Å². The van der Waals surface area contributed by atoms with Crippen LogP contribution in [0.4, 0.5) is 5.69 Å². The molecule has 1 amide bonds. The second-order valence-electron chi connectivity index (χ2n) is 5.06. The Kier molecular flexibility index (Phi) is 5.33. The number of halogens is 1. The summed E-state index contributed by atoms with van der Waals surface area (Å²) in [5.74, 6) is -0.573. The summed E-state index contributed by atoms with van der Waals surface area (Å²) in [5.41, 5.74) is 1.19. The number of ketones is 1. The largest absolute Gasteiger partial charge is 0.411 e. The van der Waals surface area contributed by atoms with Gasteiger partial charge in [-0.05, 0) is 43.5 Å². The standard InChI is InChI=1S/C15H17ClN2O3/c16-10-4-6-11(7-5-10)17-15(20)9-8-14(19)12-2-1-3-13(12)18-21/h4-7,12,21H,1-3,8-9H2,(H,17,20)/b18-13-. The average molecular weight is 309 g/mol. The molecule has 0 aliphatic heterocycles. The van der Waals surface area contributed by atoms with Gasteiger partial charge in [-0.15, -0.1) is 0 Å². The number of carbonyl (C=O) groups excluding carboxylic acids is 2. The highest BCUT2D eigenvalue weighted by Crippen LogP contribution is 2.25. The first-order valence-corrected chi connectivity index (χ1v) is 7.27. The molecule has 0 saturated heterocycles. The molecule has 1 aliphatic carbocycles. The molecule has 0 aromatic heterocycles. The van der Waals surface area contributed by atoms with Crippen molar-refractivity contribution in [3.63, 3.8) is 0 Å². The van der Waals surface area contributed by atoms with E-state index in [1.165, 1.54) is 0 Å². The van der Waals surface area contributed by atoms with Gasteiger partial charge in [0.1, 0.15) is 5.78 Å². The van der Waals surface area contributed by atoms with Crippen molar-refractivity contribution in [3.05, 3.63) is 29.3 Å². The highest BCUT2D eigenvalue weighted by atomic mass is 35.5. The number of hydrogen-bond donors (Lipinski definition) is 2. The fourth-order valence-corrected chi connectivity index (χ4v) is 2.59. The Morgan fingerprint density at radius 2 is 2.00 bits per heavy atom. The molecule has 0 bridgehead atoms. The van der Waals surface area contributed by atoms with Crippen LogP contribution in [0.15, 0.2) is 29.4 Å². The van der Waals surface area contributed by atoms with E-state index in [4.69, 9.17) is 16.8 Å². The lowest BCUT2D eigenvalue weighted by atomic mass is 9.97. The number of nitrogens with zero attached hydrogens (tertiary/aromatic N) is 1. The second-order valence-corrected chi connectivity index (χ2v) is 5.49. The normalized spacial score (nSPS) is 19.7. The molecule has 112 valence electrons. The zero-order chi connectivity index (χ0) is 15.2. The predicted molar refractivity (Wildman–Crippen MR) is 80.9 cm³/mol. The molecule has 2 rings (SSSR count). The van der Waals surface area contributed by atoms with Gasteiger partial charge in [0, 0.05) is 23.6 Å². The minimum atomic E-state index is -0.321. The summed E-state index contributed by atoms with van der Waals surface area (Å²) >= 11 is 5.76. The molecule has 0 heterocycles. The lowest BCUT2D eigenvalue weighted by molar-refractivity contribution is -0.124. The maximum Gasteiger partial charge on any atom is 0.224 e. The maximum atomic E-state index is 12.0. The van der Waals surface area contributed by atoms with Crippen molar-refractivity contribution < 1.29 is 14.8 Å². The summed E-state index contributed by atoms with van der Waals surface area (Å²) in [5, 5.41) is 15.3. The number of amides is 1. The van der Waals surface area contributed by atoms with Crippen LogP contribution >= 0.6 is 11.6 Å². The third-order valence-electron chi connectivity index (χ3n) is 3.57. The third kappa shape index (κ3) is 4.29. The van der Waals surface area contributed by atoms with E-state index >= 15 is 0 Å². The molecule has 6 heteroatoms. The molecular weight excluding hydrogens is 292 g/mol. The van der Waals surface area contributed by atoms with Crippen molar-refractivity contribution in [2.24, 2.45) is 11.1 Å². The van der Waals surface area contributed by atoms with Gasteiger partial charge < -0.3 is 10.5 Å². The van der Waals surface area contributed by atoms with Crippen molar-refractivity contribution in [2.45, 2.75) is 32.1 Å². The van der Waals surface area contributed by atoms with Crippen LogP contribution in [0.25, 0.3) is 0 Å². The first-order chi connectivity index (χ1) is 10.1. The highest BCUT2D eigenvalue weighted by molar-refractivity contribution is 6.30. The van der Waals surface area contributed by atoms with Gasteiger partial charge >= 0.3 is 0 Å². The van der Waals surface area contributed by atoms with Gasteiger partial charge in [0.2, 0.25) is 5.91 Å². The fourth-order valence-electron chi connectivity index (χ4n) is 2.46. The van der Waals surface area contributed by atoms with Gasteiger partial charge in [0.25, 0.3) is 0 Å². The molecule has 2 N–H and O–H groups in total. The summed E-state index contributed by atoms with van der Waals surface area (Å²) in [6.45, 7) is 0. The lowest BCUT2D eigenvalue weighted by Crippen LogP contribution is -2.21. The number of hydrogen-bond acceptors (Lipinski definition) is 4. The van der Waals surface area contributed by atoms with E-state index in [0.29, 0.717) is 29.3 Å². The minimum Gasteiger partial charge on any atom is -0.411 e. The lowest BCUT2D eigenvalue weighted by Gasteiger charge is -2.09. The van der Waals surface area contributed by atoms with E-state index in [-0.39, 0.29) is 30.4 Å². The van der Waals surface area contributed by atoms with Crippen LogP contribution in [-0.2, 0) is 9.59 Å². The predicted octanol–water partition coefficient (Wildman–Crippen LogP) is 3.26. The van der Waals surface area contributed by atoms with Crippen molar-refractivity contribution >= 4 is 34.7 Å². The van der Waals surface area contributed by atoms with Crippen LogP contribution in [0.3, 0.4) is 0 Å². The molecule has 1 atom stereocenters. The van der Waals surface area contributed by atoms with Crippen molar-refractivity contribution in [2.75, 3.05) is 5.32 Å². The molecule has 1 saturated carbocycles. The molecule has 1 aromatic carbocycles. The Balaban J connectivity index is 1.81. The molecule has 0 spiro atoms. The van der Waals surface area contributed by atoms with Gasteiger partial charge in [0.05, 0.1) is 11.6 Å². The number of carbonyl (C=O) groups is 2. The minimum absolute atomic E-state index is 0.0356. The number of nitrogens with one attached hydrogen (secondary N) is 1. The van der Waals surface area contributed by atoms with E-state index in [1.807, 2.05) is 0 Å². The molecule has 1 fully saturated rings. The number of rotatable bonds is 5. The average Bonchev–Trinajstić information content (AvgIpc) is 2.96. The van der Waals surface area contributed by atoms with Crippen LogP contribution in [-0.4, -0.2) is 22.6 Å². The Labute approximate surface area is 128 Å². The second kappa shape index (κ2) is 7.22. The van der Waals surface area contributed by atoms with Gasteiger partial charge in [-0.3, -0.25) is 9.59 Å². The number of benzene rings is 1. The first kappa shape index (κ1) is 15.5. The molecule has 1 unspecified atom stereocenters. The molecule has 21 heavy (non-hydrogen) atoms. The maximum absolute atomic E-state index is 12.0. The zero-order valence-corrected chi connectivity index (χ0v) is 12.3. The Bertz CT molecular complexity index is 555. The summed E-state index contributed by atoms with van der Waals surface area (Å²) in [6.07, 6.45) is 2.49.